The van der Waals surface area contributed by atoms with Gasteiger partial charge in [-0.25, -0.2) is 0 Å². The largest absolute Gasteiger partial charge is 0.335 e. The summed E-state index contributed by atoms with van der Waals surface area (Å²) in [5.41, 5.74) is 0. The van der Waals surface area contributed by atoms with E-state index in [1.807, 2.05) is 12.1 Å². The highest BCUT2D eigenvalue weighted by Crippen LogP contribution is 2.29. The molecule has 0 radical (unpaired) electrons. The highest BCUT2D eigenvalue weighted by atomic mass is 79.9. The second kappa shape index (κ2) is 8.57. The maximum absolute atomic E-state index is 12.5. The number of rotatable bonds is 4. The summed E-state index contributed by atoms with van der Waals surface area (Å²) in [6, 6.07) is 9.20. The Morgan fingerprint density at radius 2 is 1.95 bits per heavy atom. The van der Waals surface area contributed by atoms with E-state index in [-0.39, 0.29) is 12.4 Å². The van der Waals surface area contributed by atoms with Crippen LogP contribution in [0, 0.1) is 0 Å². The number of amides is 1. The molecule has 2 unspecified atom stereocenters. The molecule has 0 spiro atoms. The minimum absolute atomic E-state index is 0. The highest BCUT2D eigenvalue weighted by molar-refractivity contribution is 9.10. The van der Waals surface area contributed by atoms with Crippen molar-refractivity contribution >= 4 is 46.0 Å². The van der Waals surface area contributed by atoms with E-state index >= 15 is 0 Å². The predicted molar refractivity (Wildman–Crippen MR) is 97.9 cm³/mol. The fourth-order valence-electron chi connectivity index (χ4n) is 3.31. The van der Waals surface area contributed by atoms with Crippen LogP contribution in [-0.4, -0.2) is 41.7 Å². The zero-order chi connectivity index (χ0) is 14.7. The second-order valence-electron chi connectivity index (χ2n) is 5.73. The van der Waals surface area contributed by atoms with Crippen molar-refractivity contribution in [2.45, 2.75) is 42.7 Å². The molecule has 3 nitrogen and oxygen atoms in total. The molecule has 2 saturated heterocycles. The van der Waals surface area contributed by atoms with E-state index in [1.54, 1.807) is 11.8 Å². The smallest absolute Gasteiger partial charge is 0.223 e. The van der Waals surface area contributed by atoms with Crippen LogP contribution >= 0.6 is 40.1 Å². The lowest BCUT2D eigenvalue weighted by atomic mass is 10.1. The van der Waals surface area contributed by atoms with E-state index in [0.717, 1.165) is 29.7 Å². The lowest BCUT2D eigenvalue weighted by Gasteiger charge is -2.28. The van der Waals surface area contributed by atoms with Crippen LogP contribution in [0.2, 0.25) is 0 Å². The Morgan fingerprint density at radius 3 is 2.73 bits per heavy atom. The monoisotopic (exact) mass is 404 g/mol. The summed E-state index contributed by atoms with van der Waals surface area (Å²) >= 11 is 5.21. The van der Waals surface area contributed by atoms with E-state index in [0.29, 0.717) is 24.4 Å². The average Bonchev–Trinajstić information content (AvgIpc) is 2.74. The van der Waals surface area contributed by atoms with E-state index < -0.39 is 0 Å². The molecule has 0 aliphatic carbocycles. The van der Waals surface area contributed by atoms with Gasteiger partial charge in [0.25, 0.3) is 0 Å². The Kier molecular flexibility index (Phi) is 7.06. The molecule has 1 aromatic rings. The molecule has 2 atom stereocenters. The lowest BCUT2D eigenvalue weighted by molar-refractivity contribution is -0.133. The summed E-state index contributed by atoms with van der Waals surface area (Å²) < 4.78 is 1.09. The van der Waals surface area contributed by atoms with Crippen LogP contribution in [0.1, 0.15) is 25.7 Å². The molecule has 122 valence electrons. The zero-order valence-corrected chi connectivity index (χ0v) is 15.7. The van der Waals surface area contributed by atoms with Crippen molar-refractivity contribution in [2.75, 3.05) is 18.8 Å². The quantitative estimate of drug-likeness (QED) is 0.775. The van der Waals surface area contributed by atoms with E-state index in [9.17, 15) is 4.79 Å². The number of thioether (sulfide) groups is 1. The zero-order valence-electron chi connectivity index (χ0n) is 12.5. The normalized spacial score (nSPS) is 23.8. The van der Waals surface area contributed by atoms with Gasteiger partial charge >= 0.3 is 0 Å². The van der Waals surface area contributed by atoms with Crippen molar-refractivity contribution < 1.29 is 4.79 Å². The summed E-state index contributed by atoms with van der Waals surface area (Å²) in [5.74, 6) is 1.21. The van der Waals surface area contributed by atoms with Crippen molar-refractivity contribution in [1.82, 2.24) is 10.2 Å². The van der Waals surface area contributed by atoms with Crippen LogP contribution in [0.3, 0.4) is 0 Å². The van der Waals surface area contributed by atoms with Gasteiger partial charge in [-0.05, 0) is 50.1 Å². The number of nitrogens with zero attached hydrogens (tertiary/aromatic N) is 1. The third kappa shape index (κ3) is 4.40. The Morgan fingerprint density at radius 1 is 1.23 bits per heavy atom. The molecular weight excluding hydrogens is 384 g/mol. The Bertz CT molecular complexity index is 485. The number of carbonyl (C=O) groups is 1. The van der Waals surface area contributed by atoms with Crippen molar-refractivity contribution in [1.29, 1.82) is 0 Å². The Balaban J connectivity index is 0.00000176. The molecule has 2 fully saturated rings. The van der Waals surface area contributed by atoms with Crippen LogP contribution in [0.25, 0.3) is 0 Å². The minimum atomic E-state index is 0. The van der Waals surface area contributed by atoms with Gasteiger partial charge in [-0.2, -0.15) is 0 Å². The molecule has 1 aromatic carbocycles. The third-order valence-electron chi connectivity index (χ3n) is 4.34. The van der Waals surface area contributed by atoms with Gasteiger partial charge in [-0.15, -0.1) is 24.2 Å². The van der Waals surface area contributed by atoms with Crippen LogP contribution in [-0.2, 0) is 4.79 Å². The Hall–Kier alpha value is -0.230. The summed E-state index contributed by atoms with van der Waals surface area (Å²) in [6.07, 6.45) is 4.12. The molecular formula is C16H22BrClN2OS. The van der Waals surface area contributed by atoms with Crippen molar-refractivity contribution in [2.24, 2.45) is 0 Å². The van der Waals surface area contributed by atoms with Crippen molar-refractivity contribution in [3.63, 3.8) is 0 Å². The van der Waals surface area contributed by atoms with Crippen molar-refractivity contribution in [3.8, 4) is 0 Å². The fourth-order valence-corrected chi connectivity index (χ4v) is 4.41. The van der Waals surface area contributed by atoms with Gasteiger partial charge in [-0.1, -0.05) is 15.9 Å². The second-order valence-corrected chi connectivity index (χ2v) is 7.82. The standard InChI is InChI=1S/C16H21BrN2OS.ClH/c17-12-1-5-15(6-2-12)21-10-8-16(20)19-13-3-4-14(19)11-18-9-7-13;/h1-2,5-6,13-14,18H,3-4,7-11H2;1H. The molecule has 2 aliphatic rings. The van der Waals surface area contributed by atoms with Crippen molar-refractivity contribution in [3.05, 3.63) is 28.7 Å². The number of nitrogens with one attached hydrogen (secondary N) is 1. The molecule has 2 heterocycles. The Labute approximate surface area is 151 Å². The highest BCUT2D eigenvalue weighted by Gasteiger charge is 2.37. The van der Waals surface area contributed by atoms with E-state index in [2.05, 4.69) is 38.3 Å². The van der Waals surface area contributed by atoms with Crippen LogP contribution in [0.15, 0.2) is 33.6 Å². The number of hydrogen-bond acceptors (Lipinski definition) is 3. The summed E-state index contributed by atoms with van der Waals surface area (Å²) in [7, 11) is 0. The molecule has 3 rings (SSSR count). The molecule has 2 bridgehead atoms. The third-order valence-corrected chi connectivity index (χ3v) is 5.88. The van der Waals surface area contributed by atoms with Crippen LogP contribution in [0.5, 0.6) is 0 Å². The topological polar surface area (TPSA) is 32.3 Å². The van der Waals surface area contributed by atoms with Gasteiger partial charge in [0.05, 0.1) is 0 Å². The summed E-state index contributed by atoms with van der Waals surface area (Å²) in [6.45, 7) is 2.03. The predicted octanol–water partition coefficient (Wildman–Crippen LogP) is 3.71. The minimum Gasteiger partial charge on any atom is -0.335 e. The first kappa shape index (κ1) is 18.1. The maximum atomic E-state index is 12.5. The molecule has 1 N–H and O–H groups in total. The first-order valence-electron chi connectivity index (χ1n) is 7.64. The molecule has 22 heavy (non-hydrogen) atoms. The van der Waals surface area contributed by atoms with Gasteiger partial charge in [0.2, 0.25) is 5.91 Å². The van der Waals surface area contributed by atoms with Gasteiger partial charge < -0.3 is 10.2 Å². The van der Waals surface area contributed by atoms with E-state index in [4.69, 9.17) is 0 Å². The number of benzene rings is 1. The SMILES string of the molecule is Cl.O=C(CCSc1ccc(Br)cc1)N1C2CCNCC1CC2. The van der Waals surface area contributed by atoms with Crippen LogP contribution < -0.4 is 5.32 Å². The lowest BCUT2D eigenvalue weighted by Crippen LogP contribution is -2.42. The number of fused-ring (bicyclic) bond motifs is 2. The summed E-state index contributed by atoms with van der Waals surface area (Å²) in [4.78, 5) is 15.9. The van der Waals surface area contributed by atoms with E-state index in [1.165, 1.54) is 17.7 Å². The average molecular weight is 406 g/mol. The first-order chi connectivity index (χ1) is 10.2. The maximum Gasteiger partial charge on any atom is 0.223 e. The van der Waals surface area contributed by atoms with Gasteiger partial charge in [0.15, 0.2) is 0 Å². The number of hydrogen-bond donors (Lipinski definition) is 1. The number of halogens is 2. The van der Waals surface area contributed by atoms with Gasteiger partial charge in [-0.3, -0.25) is 4.79 Å². The molecule has 0 saturated carbocycles. The van der Waals surface area contributed by atoms with Gasteiger partial charge in [0, 0.05) is 40.2 Å². The molecule has 1 amide bonds. The molecule has 6 heteroatoms. The summed E-state index contributed by atoms with van der Waals surface area (Å²) in [5, 5.41) is 3.45. The van der Waals surface area contributed by atoms with Crippen LogP contribution in [0.4, 0.5) is 0 Å². The fraction of sp³-hybridized carbons (Fsp3) is 0.562. The molecule has 2 aliphatic heterocycles. The molecule has 0 aromatic heterocycles. The van der Waals surface area contributed by atoms with Gasteiger partial charge in [0.1, 0.15) is 0 Å². The first-order valence-corrected chi connectivity index (χ1v) is 9.42. The number of carbonyl (C=O) groups excluding carboxylic acids is 1.